The van der Waals surface area contributed by atoms with E-state index in [-0.39, 0.29) is 10.8 Å². The summed E-state index contributed by atoms with van der Waals surface area (Å²) in [6.07, 6.45) is 13.6. The Kier molecular flexibility index (Phi) is 6.09. The molecule has 0 heterocycles. The summed E-state index contributed by atoms with van der Waals surface area (Å²) < 4.78 is 0. The topological polar surface area (TPSA) is 40.5 Å². The number of hydrogen-bond acceptors (Lipinski definition) is 2. The molecular formula is C29H48O2. The minimum Gasteiger partial charge on any atom is -0.390 e. The standard InChI is InChI=1S/C29H48O2/c1-18(2)9-8-10-19(3)21-12-13-22-20-11-14-25-27(4,5)26(31)24(30)17-29(25,7)23(20)15-16-28(21,22)6/h9,14,19-24,26,30-31H,8,10-13,15-17H2,1-7H3/t19-,20+,21-,22+,23+,24-,26+,28-,29-/m1/s1. The lowest BCUT2D eigenvalue weighted by Gasteiger charge is -2.62. The first-order valence-electron chi connectivity index (χ1n) is 13.1. The molecule has 3 fully saturated rings. The molecule has 0 amide bonds. The van der Waals surface area contributed by atoms with Gasteiger partial charge in [0, 0.05) is 5.41 Å². The van der Waals surface area contributed by atoms with Crippen LogP contribution in [0.4, 0.5) is 0 Å². The van der Waals surface area contributed by atoms with Gasteiger partial charge in [0.15, 0.2) is 0 Å². The van der Waals surface area contributed by atoms with Crippen LogP contribution in [0.2, 0.25) is 0 Å². The van der Waals surface area contributed by atoms with Crippen molar-refractivity contribution in [2.75, 3.05) is 0 Å². The van der Waals surface area contributed by atoms with Crippen molar-refractivity contribution in [1.29, 1.82) is 0 Å². The van der Waals surface area contributed by atoms with Crippen LogP contribution in [0.15, 0.2) is 23.3 Å². The summed E-state index contributed by atoms with van der Waals surface area (Å²) in [4.78, 5) is 0. The smallest absolute Gasteiger partial charge is 0.0887 e. The maximum absolute atomic E-state index is 10.8. The van der Waals surface area contributed by atoms with Crippen LogP contribution in [-0.4, -0.2) is 22.4 Å². The van der Waals surface area contributed by atoms with E-state index < -0.39 is 12.2 Å². The molecule has 0 unspecified atom stereocenters. The number of rotatable bonds is 4. The first kappa shape index (κ1) is 23.6. The second-order valence-electron chi connectivity index (χ2n) is 13.2. The lowest BCUT2D eigenvalue weighted by Crippen LogP contribution is -2.58. The second-order valence-corrected chi connectivity index (χ2v) is 13.2. The van der Waals surface area contributed by atoms with Gasteiger partial charge in [-0.1, -0.05) is 57.9 Å². The summed E-state index contributed by atoms with van der Waals surface area (Å²) in [5, 5.41) is 21.6. The van der Waals surface area contributed by atoms with Gasteiger partial charge < -0.3 is 10.2 Å². The molecule has 2 nitrogen and oxygen atoms in total. The van der Waals surface area contributed by atoms with Crippen molar-refractivity contribution >= 4 is 0 Å². The molecule has 0 radical (unpaired) electrons. The Balaban J connectivity index is 1.58. The molecule has 2 N–H and O–H groups in total. The third-order valence-electron chi connectivity index (χ3n) is 10.8. The van der Waals surface area contributed by atoms with Crippen LogP contribution < -0.4 is 0 Å². The van der Waals surface area contributed by atoms with Gasteiger partial charge >= 0.3 is 0 Å². The van der Waals surface area contributed by atoms with Crippen LogP contribution in [0.25, 0.3) is 0 Å². The van der Waals surface area contributed by atoms with E-state index in [2.05, 4.69) is 60.6 Å². The van der Waals surface area contributed by atoms with Gasteiger partial charge in [-0.3, -0.25) is 0 Å². The highest BCUT2D eigenvalue weighted by atomic mass is 16.3. The zero-order valence-electron chi connectivity index (χ0n) is 21.2. The zero-order valence-corrected chi connectivity index (χ0v) is 21.2. The van der Waals surface area contributed by atoms with Crippen molar-refractivity contribution in [2.45, 2.75) is 112 Å². The molecule has 0 aliphatic heterocycles. The van der Waals surface area contributed by atoms with Gasteiger partial charge in [-0.25, -0.2) is 0 Å². The lowest BCUT2D eigenvalue weighted by molar-refractivity contribution is -0.126. The third-order valence-corrected chi connectivity index (χ3v) is 10.8. The molecule has 0 aromatic rings. The van der Waals surface area contributed by atoms with Crippen LogP contribution in [0.5, 0.6) is 0 Å². The number of aliphatic hydroxyl groups excluding tert-OH is 2. The van der Waals surface area contributed by atoms with Gasteiger partial charge in [0.2, 0.25) is 0 Å². The maximum atomic E-state index is 10.8. The summed E-state index contributed by atoms with van der Waals surface area (Å²) in [6, 6.07) is 0. The Hall–Kier alpha value is -0.600. The summed E-state index contributed by atoms with van der Waals surface area (Å²) in [5.74, 6) is 3.90. The molecule has 3 saturated carbocycles. The number of aliphatic hydroxyl groups is 2. The highest BCUT2D eigenvalue weighted by Crippen LogP contribution is 2.68. The lowest BCUT2D eigenvalue weighted by atomic mass is 9.44. The molecule has 4 aliphatic carbocycles. The number of allylic oxidation sites excluding steroid dienone is 3. The number of hydrogen-bond donors (Lipinski definition) is 2. The van der Waals surface area contributed by atoms with Crippen LogP contribution in [0, 0.1) is 45.8 Å². The van der Waals surface area contributed by atoms with Crippen LogP contribution >= 0.6 is 0 Å². The van der Waals surface area contributed by atoms with Crippen molar-refractivity contribution < 1.29 is 10.2 Å². The quantitative estimate of drug-likeness (QED) is 0.477. The highest BCUT2D eigenvalue weighted by molar-refractivity contribution is 5.32. The van der Waals surface area contributed by atoms with Crippen molar-refractivity contribution in [3.63, 3.8) is 0 Å². The zero-order chi connectivity index (χ0) is 22.8. The predicted octanol–water partition coefficient (Wildman–Crippen LogP) is 6.92. The predicted molar refractivity (Wildman–Crippen MR) is 130 cm³/mol. The fourth-order valence-electron chi connectivity index (χ4n) is 9.35. The van der Waals surface area contributed by atoms with Crippen molar-refractivity contribution in [1.82, 2.24) is 0 Å². The minimum atomic E-state index is -0.644. The molecule has 176 valence electrons. The summed E-state index contributed by atoms with van der Waals surface area (Å²) >= 11 is 0. The monoisotopic (exact) mass is 428 g/mol. The number of fused-ring (bicyclic) bond motifs is 5. The molecule has 4 aliphatic rings. The Morgan fingerprint density at radius 1 is 1.10 bits per heavy atom. The summed E-state index contributed by atoms with van der Waals surface area (Å²) in [5.41, 5.74) is 3.08. The van der Waals surface area contributed by atoms with E-state index in [1.54, 1.807) is 0 Å². The fourth-order valence-corrected chi connectivity index (χ4v) is 9.35. The summed E-state index contributed by atoms with van der Waals surface area (Å²) in [6.45, 7) is 16.3. The van der Waals surface area contributed by atoms with E-state index in [9.17, 15) is 10.2 Å². The molecule has 2 heteroatoms. The van der Waals surface area contributed by atoms with Gasteiger partial charge in [0.05, 0.1) is 12.2 Å². The molecule has 0 saturated heterocycles. The van der Waals surface area contributed by atoms with Gasteiger partial charge in [-0.15, -0.1) is 0 Å². The van der Waals surface area contributed by atoms with E-state index >= 15 is 0 Å². The Morgan fingerprint density at radius 2 is 1.81 bits per heavy atom. The second kappa shape index (κ2) is 8.01. The van der Waals surface area contributed by atoms with E-state index in [0.717, 1.165) is 30.1 Å². The largest absolute Gasteiger partial charge is 0.390 e. The van der Waals surface area contributed by atoms with Gasteiger partial charge in [0.1, 0.15) is 0 Å². The molecule has 9 atom stereocenters. The first-order chi connectivity index (χ1) is 14.4. The minimum absolute atomic E-state index is 0.0412. The van der Waals surface area contributed by atoms with Crippen molar-refractivity contribution in [3.05, 3.63) is 23.3 Å². The molecule has 31 heavy (non-hydrogen) atoms. The Morgan fingerprint density at radius 3 is 2.48 bits per heavy atom. The molecule has 0 aromatic carbocycles. The average molecular weight is 429 g/mol. The van der Waals surface area contributed by atoms with E-state index in [1.165, 1.54) is 56.1 Å². The van der Waals surface area contributed by atoms with E-state index in [1.807, 2.05) is 0 Å². The first-order valence-corrected chi connectivity index (χ1v) is 13.1. The van der Waals surface area contributed by atoms with Crippen LogP contribution in [-0.2, 0) is 0 Å². The normalized spacial score (nSPS) is 46.9. The molecule has 0 spiro atoms. The van der Waals surface area contributed by atoms with Gasteiger partial charge in [-0.05, 0) is 106 Å². The molecule has 0 aromatic heterocycles. The molecule has 4 rings (SSSR count). The van der Waals surface area contributed by atoms with Crippen molar-refractivity contribution in [2.24, 2.45) is 45.8 Å². The third kappa shape index (κ3) is 3.59. The Labute approximate surface area is 191 Å². The van der Waals surface area contributed by atoms with E-state index in [0.29, 0.717) is 11.3 Å². The fraction of sp³-hybridized carbons (Fsp3) is 0.862. The van der Waals surface area contributed by atoms with Gasteiger partial charge in [0.25, 0.3) is 0 Å². The molecule has 0 bridgehead atoms. The van der Waals surface area contributed by atoms with Crippen LogP contribution in [0.1, 0.15) is 99.8 Å². The van der Waals surface area contributed by atoms with Crippen molar-refractivity contribution in [3.8, 4) is 0 Å². The van der Waals surface area contributed by atoms with Crippen LogP contribution in [0.3, 0.4) is 0 Å². The van der Waals surface area contributed by atoms with Gasteiger partial charge in [-0.2, -0.15) is 0 Å². The Bertz CT molecular complexity index is 744. The SMILES string of the molecule is CC(C)=CCC[C@@H](C)[C@H]1CC[C@H]2[C@@H]3CC=C4C(C)(C)[C@@H](O)[C@H](O)C[C@]4(C)[C@H]3CC[C@]12C. The maximum Gasteiger partial charge on any atom is 0.0887 e. The highest BCUT2D eigenvalue weighted by Gasteiger charge is 2.62. The van der Waals surface area contributed by atoms with E-state index in [4.69, 9.17) is 0 Å². The average Bonchev–Trinajstić information content (AvgIpc) is 3.03. The molecular weight excluding hydrogens is 380 g/mol. The summed E-state index contributed by atoms with van der Waals surface area (Å²) in [7, 11) is 0.